The Balaban J connectivity index is 1.90. The quantitative estimate of drug-likeness (QED) is 0.878. The lowest BCUT2D eigenvalue weighted by Gasteiger charge is -2.36. The number of rotatable bonds is 4. The Kier molecular flexibility index (Phi) is 4.32. The lowest BCUT2D eigenvalue weighted by atomic mass is 9.94. The summed E-state index contributed by atoms with van der Waals surface area (Å²) in [6.45, 7) is 5.80. The van der Waals surface area contributed by atoms with E-state index in [-0.39, 0.29) is 11.4 Å². The Hall–Kier alpha value is -1.26. The first-order chi connectivity index (χ1) is 9.00. The predicted octanol–water partition coefficient (Wildman–Crippen LogP) is 2.45. The van der Waals surface area contributed by atoms with Crippen molar-refractivity contribution in [1.29, 1.82) is 0 Å². The number of methoxy groups -OCH3 is 1. The third-order valence-corrected chi connectivity index (χ3v) is 3.54. The number of benzene rings is 1. The number of aromatic hydroxyl groups is 1. The molecule has 1 aliphatic rings. The van der Waals surface area contributed by atoms with Crippen LogP contribution in [0.4, 0.5) is 0 Å². The normalized spacial score (nSPS) is 22.2. The summed E-state index contributed by atoms with van der Waals surface area (Å²) in [4.78, 5) is 0. The summed E-state index contributed by atoms with van der Waals surface area (Å²) in [5, 5.41) is 13.3. The highest BCUT2D eigenvalue weighted by Crippen LogP contribution is 2.27. The Morgan fingerprint density at radius 1 is 1.47 bits per heavy atom. The molecule has 1 atom stereocenters. The fourth-order valence-electron chi connectivity index (χ4n) is 2.51. The van der Waals surface area contributed by atoms with Crippen LogP contribution in [0, 0.1) is 0 Å². The second-order valence-corrected chi connectivity index (χ2v) is 5.68. The van der Waals surface area contributed by atoms with Gasteiger partial charge in [0.2, 0.25) is 0 Å². The van der Waals surface area contributed by atoms with Crippen LogP contribution in [-0.2, 0) is 11.3 Å². The molecular weight excluding hydrogens is 242 g/mol. The average Bonchev–Trinajstić information content (AvgIpc) is 2.35. The van der Waals surface area contributed by atoms with Crippen LogP contribution in [0.1, 0.15) is 32.3 Å². The van der Waals surface area contributed by atoms with Crippen LogP contribution in [0.5, 0.6) is 11.5 Å². The summed E-state index contributed by atoms with van der Waals surface area (Å²) in [5.41, 5.74) is 1.01. The molecule has 2 N–H and O–H groups in total. The van der Waals surface area contributed by atoms with Crippen molar-refractivity contribution < 1.29 is 14.6 Å². The van der Waals surface area contributed by atoms with Gasteiger partial charge in [-0.25, -0.2) is 0 Å². The van der Waals surface area contributed by atoms with Gasteiger partial charge in [-0.05, 0) is 44.4 Å². The van der Waals surface area contributed by atoms with Crippen molar-refractivity contribution in [2.24, 2.45) is 0 Å². The van der Waals surface area contributed by atoms with Crippen LogP contribution in [0.2, 0.25) is 0 Å². The first-order valence-electron chi connectivity index (χ1n) is 6.73. The van der Waals surface area contributed by atoms with E-state index < -0.39 is 0 Å². The van der Waals surface area contributed by atoms with E-state index in [1.54, 1.807) is 19.2 Å². The molecule has 4 heteroatoms. The third kappa shape index (κ3) is 3.85. The minimum absolute atomic E-state index is 0.0437. The molecule has 106 valence electrons. The number of phenols is 1. The Labute approximate surface area is 114 Å². The van der Waals surface area contributed by atoms with Gasteiger partial charge in [0.15, 0.2) is 11.5 Å². The maximum absolute atomic E-state index is 9.74. The van der Waals surface area contributed by atoms with E-state index in [1.165, 1.54) is 0 Å². The minimum Gasteiger partial charge on any atom is -0.504 e. The van der Waals surface area contributed by atoms with E-state index in [2.05, 4.69) is 19.2 Å². The fraction of sp³-hybridized carbons (Fsp3) is 0.600. The highest BCUT2D eigenvalue weighted by atomic mass is 16.5. The molecule has 1 fully saturated rings. The van der Waals surface area contributed by atoms with E-state index in [0.717, 1.165) is 31.6 Å². The molecule has 1 aliphatic heterocycles. The van der Waals surface area contributed by atoms with Crippen molar-refractivity contribution in [3.63, 3.8) is 0 Å². The zero-order chi connectivity index (χ0) is 13.9. The standard InChI is InChI=1S/C15H23NO3/c1-15(2)9-12(6-7-19-15)16-10-11-4-5-14(18-3)13(17)8-11/h4-5,8,12,16-17H,6-7,9-10H2,1-3H3. The van der Waals surface area contributed by atoms with Crippen molar-refractivity contribution in [2.75, 3.05) is 13.7 Å². The Morgan fingerprint density at radius 2 is 2.26 bits per heavy atom. The van der Waals surface area contributed by atoms with E-state index in [9.17, 15) is 5.11 Å². The molecule has 0 radical (unpaired) electrons. The van der Waals surface area contributed by atoms with Gasteiger partial charge in [0, 0.05) is 19.2 Å². The maximum atomic E-state index is 9.74. The zero-order valence-corrected chi connectivity index (χ0v) is 11.9. The highest BCUT2D eigenvalue weighted by Gasteiger charge is 2.28. The number of ether oxygens (including phenoxy) is 2. The lowest BCUT2D eigenvalue weighted by Crippen LogP contribution is -2.43. The van der Waals surface area contributed by atoms with E-state index in [1.807, 2.05) is 6.07 Å². The van der Waals surface area contributed by atoms with Crippen molar-refractivity contribution in [3.8, 4) is 11.5 Å². The SMILES string of the molecule is COc1ccc(CNC2CCOC(C)(C)C2)cc1O. The van der Waals surface area contributed by atoms with Crippen LogP contribution in [-0.4, -0.2) is 30.5 Å². The maximum Gasteiger partial charge on any atom is 0.160 e. The Bertz CT molecular complexity index is 431. The first-order valence-corrected chi connectivity index (χ1v) is 6.73. The minimum atomic E-state index is -0.0437. The van der Waals surface area contributed by atoms with Gasteiger partial charge in [0.1, 0.15) is 0 Å². The Morgan fingerprint density at radius 3 is 2.89 bits per heavy atom. The summed E-state index contributed by atoms with van der Waals surface area (Å²) in [5.74, 6) is 0.699. The largest absolute Gasteiger partial charge is 0.504 e. The molecule has 1 saturated heterocycles. The number of hydrogen-bond acceptors (Lipinski definition) is 4. The molecule has 0 amide bonds. The molecule has 0 aromatic heterocycles. The lowest BCUT2D eigenvalue weighted by molar-refractivity contribution is -0.0630. The molecule has 1 unspecified atom stereocenters. The van der Waals surface area contributed by atoms with Crippen LogP contribution in [0.3, 0.4) is 0 Å². The number of hydrogen-bond donors (Lipinski definition) is 2. The van der Waals surface area contributed by atoms with Crippen molar-refractivity contribution >= 4 is 0 Å². The van der Waals surface area contributed by atoms with Gasteiger partial charge in [-0.2, -0.15) is 0 Å². The summed E-state index contributed by atoms with van der Waals surface area (Å²) >= 11 is 0. The highest BCUT2D eigenvalue weighted by molar-refractivity contribution is 5.41. The smallest absolute Gasteiger partial charge is 0.160 e. The third-order valence-electron chi connectivity index (χ3n) is 3.54. The van der Waals surface area contributed by atoms with Gasteiger partial charge in [-0.3, -0.25) is 0 Å². The molecule has 0 bridgehead atoms. The van der Waals surface area contributed by atoms with Gasteiger partial charge < -0.3 is 19.9 Å². The molecule has 19 heavy (non-hydrogen) atoms. The van der Waals surface area contributed by atoms with E-state index in [4.69, 9.17) is 9.47 Å². The van der Waals surface area contributed by atoms with Gasteiger partial charge in [-0.1, -0.05) is 6.07 Å². The molecule has 4 nitrogen and oxygen atoms in total. The summed E-state index contributed by atoms with van der Waals surface area (Å²) in [6, 6.07) is 5.97. The van der Waals surface area contributed by atoms with Crippen molar-refractivity contribution in [1.82, 2.24) is 5.32 Å². The summed E-state index contributed by atoms with van der Waals surface area (Å²) in [7, 11) is 1.55. The molecule has 0 aliphatic carbocycles. The van der Waals surface area contributed by atoms with Gasteiger partial charge in [-0.15, -0.1) is 0 Å². The average molecular weight is 265 g/mol. The van der Waals surface area contributed by atoms with Gasteiger partial charge in [0.25, 0.3) is 0 Å². The molecular formula is C15H23NO3. The molecule has 2 rings (SSSR count). The molecule has 0 spiro atoms. The topological polar surface area (TPSA) is 50.7 Å². The summed E-state index contributed by atoms with van der Waals surface area (Å²) < 4.78 is 10.7. The molecule has 1 aromatic rings. The van der Waals surface area contributed by atoms with Crippen LogP contribution >= 0.6 is 0 Å². The van der Waals surface area contributed by atoms with Crippen molar-refractivity contribution in [3.05, 3.63) is 23.8 Å². The van der Waals surface area contributed by atoms with Crippen LogP contribution in [0.15, 0.2) is 18.2 Å². The molecule has 1 aromatic carbocycles. The monoisotopic (exact) mass is 265 g/mol. The second-order valence-electron chi connectivity index (χ2n) is 5.68. The summed E-state index contributed by atoms with van der Waals surface area (Å²) in [6.07, 6.45) is 2.04. The zero-order valence-electron chi connectivity index (χ0n) is 11.9. The van der Waals surface area contributed by atoms with Crippen LogP contribution in [0.25, 0.3) is 0 Å². The van der Waals surface area contributed by atoms with Gasteiger partial charge in [0.05, 0.1) is 12.7 Å². The second kappa shape index (κ2) is 5.80. The first kappa shape index (κ1) is 14.2. The van der Waals surface area contributed by atoms with Crippen molar-refractivity contribution in [2.45, 2.75) is 44.9 Å². The van der Waals surface area contributed by atoms with E-state index >= 15 is 0 Å². The predicted molar refractivity (Wildman–Crippen MR) is 74.6 cm³/mol. The fourth-order valence-corrected chi connectivity index (χ4v) is 2.51. The molecule has 0 saturated carbocycles. The van der Waals surface area contributed by atoms with Gasteiger partial charge >= 0.3 is 0 Å². The number of nitrogens with one attached hydrogen (secondary N) is 1. The number of phenolic OH excluding ortho intramolecular Hbond substituents is 1. The molecule has 1 heterocycles. The van der Waals surface area contributed by atoms with E-state index in [0.29, 0.717) is 11.8 Å². The van der Waals surface area contributed by atoms with Crippen LogP contribution < -0.4 is 10.1 Å².